The number of aryl methyl sites for hydroxylation is 4. The van der Waals surface area contributed by atoms with Gasteiger partial charge in [0.2, 0.25) is 5.88 Å². The fraction of sp³-hybridized carbons (Fsp3) is 0.478. The second kappa shape index (κ2) is 8.29. The molecular weight excluding hydrogens is 404 g/mol. The molecule has 5 rings (SSSR count). The summed E-state index contributed by atoms with van der Waals surface area (Å²) < 4.78 is 10.6. The van der Waals surface area contributed by atoms with Crippen molar-refractivity contribution in [3.05, 3.63) is 41.5 Å². The smallest absolute Gasteiger partial charge is 0.245 e. The number of fused-ring (bicyclic) bond motifs is 2. The van der Waals surface area contributed by atoms with Crippen LogP contribution < -0.4 is 4.74 Å². The summed E-state index contributed by atoms with van der Waals surface area (Å²) in [5, 5.41) is 4.79. The van der Waals surface area contributed by atoms with Crippen LogP contribution in [0.5, 0.6) is 5.88 Å². The molecule has 4 aromatic rings. The van der Waals surface area contributed by atoms with E-state index in [1.54, 1.807) is 18.7 Å². The molecule has 0 spiro atoms. The third-order valence-corrected chi connectivity index (χ3v) is 6.15. The van der Waals surface area contributed by atoms with Gasteiger partial charge in [0, 0.05) is 43.2 Å². The molecule has 0 saturated heterocycles. The minimum Gasteiger partial charge on any atom is -0.472 e. The molecule has 9 nitrogen and oxygen atoms in total. The maximum absolute atomic E-state index is 6.44. The zero-order valence-electron chi connectivity index (χ0n) is 19.0. The second-order valence-electron chi connectivity index (χ2n) is 8.07. The van der Waals surface area contributed by atoms with E-state index in [1.807, 2.05) is 6.92 Å². The van der Waals surface area contributed by atoms with Crippen LogP contribution in [0.4, 0.5) is 0 Å². The monoisotopic (exact) mass is 432 g/mol. The Kier molecular flexibility index (Phi) is 5.32. The molecule has 9 heteroatoms. The third-order valence-electron chi connectivity index (χ3n) is 6.15. The van der Waals surface area contributed by atoms with E-state index < -0.39 is 0 Å². The molecule has 0 aromatic carbocycles. The van der Waals surface area contributed by atoms with E-state index >= 15 is 0 Å². The quantitative estimate of drug-likeness (QED) is 0.461. The molecule has 0 aliphatic heterocycles. The van der Waals surface area contributed by atoms with Crippen LogP contribution >= 0.6 is 0 Å². The molecular formula is C23H28N8O. The van der Waals surface area contributed by atoms with Crippen LogP contribution in [-0.2, 0) is 32.4 Å². The number of nitrogens with zero attached hydrogens (tertiary/aromatic N) is 8. The summed E-state index contributed by atoms with van der Waals surface area (Å²) in [5.41, 5.74) is 6.16. The van der Waals surface area contributed by atoms with E-state index in [-0.39, 0.29) is 6.10 Å². The summed E-state index contributed by atoms with van der Waals surface area (Å²) >= 11 is 0. The van der Waals surface area contributed by atoms with Gasteiger partial charge in [0.25, 0.3) is 0 Å². The Bertz CT molecular complexity index is 1260. The van der Waals surface area contributed by atoms with Gasteiger partial charge in [-0.1, -0.05) is 6.92 Å². The van der Waals surface area contributed by atoms with Crippen LogP contribution in [0.3, 0.4) is 0 Å². The molecule has 0 bridgehead atoms. The third kappa shape index (κ3) is 3.41. The lowest BCUT2D eigenvalue weighted by atomic mass is 9.92. The van der Waals surface area contributed by atoms with E-state index in [0.29, 0.717) is 11.4 Å². The van der Waals surface area contributed by atoms with Crippen molar-refractivity contribution < 1.29 is 4.74 Å². The molecule has 1 atom stereocenters. The van der Waals surface area contributed by atoms with Crippen LogP contribution in [0.2, 0.25) is 0 Å². The van der Waals surface area contributed by atoms with Gasteiger partial charge in [-0.2, -0.15) is 10.1 Å². The van der Waals surface area contributed by atoms with Gasteiger partial charge in [-0.25, -0.2) is 19.9 Å². The Morgan fingerprint density at radius 3 is 2.59 bits per heavy atom. The number of hydrogen-bond donors (Lipinski definition) is 0. The van der Waals surface area contributed by atoms with Crippen molar-refractivity contribution in [2.24, 2.45) is 0 Å². The number of ether oxygens (including phenoxy) is 1. The second-order valence-corrected chi connectivity index (χ2v) is 8.07. The van der Waals surface area contributed by atoms with E-state index in [9.17, 15) is 0 Å². The predicted molar refractivity (Wildman–Crippen MR) is 120 cm³/mol. The highest BCUT2D eigenvalue weighted by Crippen LogP contribution is 2.31. The summed E-state index contributed by atoms with van der Waals surface area (Å²) in [4.78, 5) is 22.5. The summed E-state index contributed by atoms with van der Waals surface area (Å²) in [6.45, 7) is 9.87. The van der Waals surface area contributed by atoms with Crippen molar-refractivity contribution in [3.63, 3.8) is 0 Å². The molecule has 0 radical (unpaired) electrons. The molecule has 4 heterocycles. The number of hydrogen-bond acceptors (Lipinski definition) is 7. The number of aromatic nitrogens is 8. The first-order chi connectivity index (χ1) is 15.6. The Balaban J connectivity index is 1.49. The van der Waals surface area contributed by atoms with Gasteiger partial charge in [-0.05, 0) is 40.0 Å². The van der Waals surface area contributed by atoms with Crippen molar-refractivity contribution in [1.82, 2.24) is 39.3 Å². The largest absolute Gasteiger partial charge is 0.472 e. The van der Waals surface area contributed by atoms with Crippen molar-refractivity contribution >= 4 is 11.2 Å². The van der Waals surface area contributed by atoms with E-state index in [1.165, 1.54) is 17.0 Å². The van der Waals surface area contributed by atoms with Gasteiger partial charge >= 0.3 is 0 Å². The number of rotatable bonds is 6. The fourth-order valence-electron chi connectivity index (χ4n) is 4.57. The highest BCUT2D eigenvalue weighted by Gasteiger charge is 2.28. The highest BCUT2D eigenvalue weighted by molar-refractivity contribution is 5.81. The van der Waals surface area contributed by atoms with Gasteiger partial charge in [0.05, 0.1) is 11.3 Å². The molecule has 0 saturated carbocycles. The Morgan fingerprint density at radius 1 is 1.06 bits per heavy atom. The predicted octanol–water partition coefficient (Wildman–Crippen LogP) is 3.33. The average Bonchev–Trinajstić information content (AvgIpc) is 3.37. The van der Waals surface area contributed by atoms with Gasteiger partial charge in [0.15, 0.2) is 11.2 Å². The van der Waals surface area contributed by atoms with E-state index in [2.05, 4.69) is 50.0 Å². The topological polar surface area (TPSA) is 96.4 Å². The van der Waals surface area contributed by atoms with Crippen LogP contribution in [0, 0.1) is 6.92 Å². The zero-order valence-corrected chi connectivity index (χ0v) is 19.0. The molecule has 0 amide bonds. The lowest BCUT2D eigenvalue weighted by Crippen LogP contribution is -2.26. The maximum Gasteiger partial charge on any atom is 0.245 e. The Morgan fingerprint density at radius 2 is 1.88 bits per heavy atom. The lowest BCUT2D eigenvalue weighted by molar-refractivity contribution is 0.178. The van der Waals surface area contributed by atoms with Crippen molar-refractivity contribution in [2.45, 2.75) is 72.6 Å². The maximum atomic E-state index is 6.44. The SMILES string of the molecule is CCc1nn(CC)c2c1C[C@H](Oc1ncnc3c1nc(-c1cnc(C)nc1)n3CC)CC2. The number of imidazole rings is 1. The minimum atomic E-state index is 0.0401. The van der Waals surface area contributed by atoms with Crippen LogP contribution in [0.15, 0.2) is 18.7 Å². The van der Waals surface area contributed by atoms with Gasteiger partial charge in [-0.3, -0.25) is 4.68 Å². The van der Waals surface area contributed by atoms with E-state index in [0.717, 1.165) is 61.6 Å². The first kappa shape index (κ1) is 20.5. The molecule has 1 aliphatic rings. The summed E-state index contributed by atoms with van der Waals surface area (Å²) in [6, 6.07) is 0. The molecule has 0 unspecified atom stereocenters. The molecule has 166 valence electrons. The first-order valence-corrected chi connectivity index (χ1v) is 11.4. The normalized spacial score (nSPS) is 15.8. The van der Waals surface area contributed by atoms with Gasteiger partial charge in [-0.15, -0.1) is 0 Å². The molecule has 4 aromatic heterocycles. The summed E-state index contributed by atoms with van der Waals surface area (Å²) in [7, 11) is 0. The molecule has 0 fully saturated rings. The van der Waals surface area contributed by atoms with E-state index in [4.69, 9.17) is 14.8 Å². The molecule has 32 heavy (non-hydrogen) atoms. The highest BCUT2D eigenvalue weighted by atomic mass is 16.5. The van der Waals surface area contributed by atoms with Crippen molar-refractivity contribution in [3.8, 4) is 17.3 Å². The standard InChI is InChI=1S/C23H28N8O/c1-5-18-17-10-16(8-9-19(17)31(7-3)29-18)32-23-20-22(26-13-27-23)30(6-2)21(28-20)15-11-24-14(4)25-12-15/h11-13,16H,5-10H2,1-4H3/t16-/m1/s1. The Labute approximate surface area is 186 Å². The van der Waals surface area contributed by atoms with Crippen LogP contribution in [-0.4, -0.2) is 45.4 Å². The average molecular weight is 433 g/mol. The summed E-state index contributed by atoms with van der Waals surface area (Å²) in [5.74, 6) is 2.04. The Hall–Kier alpha value is -3.36. The van der Waals surface area contributed by atoms with Gasteiger partial charge < -0.3 is 9.30 Å². The van der Waals surface area contributed by atoms with Crippen LogP contribution in [0.1, 0.15) is 50.0 Å². The van der Waals surface area contributed by atoms with Crippen molar-refractivity contribution in [1.29, 1.82) is 0 Å². The fourth-order valence-corrected chi connectivity index (χ4v) is 4.57. The molecule has 1 aliphatic carbocycles. The lowest BCUT2D eigenvalue weighted by Gasteiger charge is -2.24. The zero-order chi connectivity index (χ0) is 22.2. The minimum absolute atomic E-state index is 0.0401. The summed E-state index contributed by atoms with van der Waals surface area (Å²) in [6.07, 6.45) is 8.86. The molecule has 0 N–H and O–H groups in total. The van der Waals surface area contributed by atoms with Gasteiger partial charge in [0.1, 0.15) is 24.1 Å². The van der Waals surface area contributed by atoms with Crippen molar-refractivity contribution in [2.75, 3.05) is 0 Å². The van der Waals surface area contributed by atoms with Crippen LogP contribution in [0.25, 0.3) is 22.6 Å². The first-order valence-electron chi connectivity index (χ1n) is 11.4.